The summed E-state index contributed by atoms with van der Waals surface area (Å²) >= 11 is 0. The van der Waals surface area contributed by atoms with Crippen LogP contribution in [0.25, 0.3) is 21.7 Å². The lowest BCUT2D eigenvalue weighted by Crippen LogP contribution is -2.36. The van der Waals surface area contributed by atoms with E-state index in [-0.39, 0.29) is 30.8 Å². The molecule has 7 heteroatoms. The number of hydrogen-bond acceptors (Lipinski definition) is 6. The normalized spacial score (nSPS) is 12.0. The average Bonchev–Trinajstić information content (AvgIpc) is 2.85. The van der Waals surface area contributed by atoms with E-state index in [1.165, 1.54) is 7.11 Å². The molecule has 0 fully saturated rings. The molecule has 0 saturated heterocycles. The Morgan fingerprint density at radius 3 is 2.38 bits per heavy atom. The van der Waals surface area contributed by atoms with Gasteiger partial charge in [0.15, 0.2) is 5.82 Å². The van der Waals surface area contributed by atoms with Crippen molar-refractivity contribution in [1.29, 1.82) is 0 Å². The molecule has 1 aromatic heterocycles. The maximum Gasteiger partial charge on any atom is 0.328 e. The van der Waals surface area contributed by atoms with E-state index in [4.69, 9.17) is 4.74 Å². The average molecular weight is 457 g/mol. The van der Waals surface area contributed by atoms with Crippen LogP contribution in [0.4, 0.5) is 5.82 Å². The second-order valence-electron chi connectivity index (χ2n) is 8.49. The van der Waals surface area contributed by atoms with Crippen LogP contribution in [0.15, 0.2) is 66.7 Å². The maximum absolute atomic E-state index is 12.7. The minimum atomic E-state index is -0.558. The van der Waals surface area contributed by atoms with Gasteiger partial charge in [-0.25, -0.2) is 14.8 Å². The van der Waals surface area contributed by atoms with Crippen LogP contribution in [0.3, 0.4) is 0 Å². The summed E-state index contributed by atoms with van der Waals surface area (Å²) in [6.45, 7) is 4.05. The van der Waals surface area contributed by atoms with Gasteiger partial charge in [0, 0.05) is 5.39 Å². The number of nitrogens with one attached hydrogen (secondary N) is 2. The zero-order chi connectivity index (χ0) is 24.1. The first-order chi connectivity index (χ1) is 16.5. The van der Waals surface area contributed by atoms with Crippen LogP contribution in [-0.2, 0) is 27.3 Å². The molecule has 0 spiro atoms. The van der Waals surface area contributed by atoms with Crippen molar-refractivity contribution in [3.8, 4) is 0 Å². The molecule has 1 amide bonds. The molecule has 3 aromatic carbocycles. The van der Waals surface area contributed by atoms with Gasteiger partial charge >= 0.3 is 5.97 Å². The monoisotopic (exact) mass is 456 g/mol. The number of benzene rings is 3. The van der Waals surface area contributed by atoms with E-state index < -0.39 is 6.04 Å². The third-order valence-corrected chi connectivity index (χ3v) is 5.74. The zero-order valence-electron chi connectivity index (χ0n) is 19.5. The minimum Gasteiger partial charge on any atom is -0.467 e. The highest BCUT2D eigenvalue weighted by Crippen LogP contribution is 2.23. The largest absolute Gasteiger partial charge is 0.467 e. The lowest BCUT2D eigenvalue weighted by molar-refractivity contribution is -0.142. The van der Waals surface area contributed by atoms with Gasteiger partial charge in [-0.3, -0.25) is 4.79 Å². The van der Waals surface area contributed by atoms with Crippen LogP contribution in [0, 0.1) is 5.92 Å². The first-order valence-corrected chi connectivity index (χ1v) is 11.3. The Morgan fingerprint density at radius 2 is 1.62 bits per heavy atom. The van der Waals surface area contributed by atoms with Crippen LogP contribution < -0.4 is 10.6 Å². The predicted molar refractivity (Wildman–Crippen MR) is 133 cm³/mol. The number of esters is 1. The number of methoxy groups -OCH3 is 1. The lowest BCUT2D eigenvalue weighted by atomic mass is 10.0. The Labute approximate surface area is 198 Å². The van der Waals surface area contributed by atoms with Crippen LogP contribution in [0.5, 0.6) is 0 Å². The highest BCUT2D eigenvalue weighted by Gasteiger charge is 2.24. The number of carbonyl (C=O) groups excluding carboxylic acids is 2. The number of aromatic nitrogens is 2. The van der Waals surface area contributed by atoms with Crippen molar-refractivity contribution in [2.24, 2.45) is 5.92 Å². The third kappa shape index (κ3) is 5.14. The number of rotatable bonds is 8. The van der Waals surface area contributed by atoms with Crippen molar-refractivity contribution < 1.29 is 14.3 Å². The number of ether oxygens (including phenoxy) is 1. The fraction of sp³-hybridized carbons (Fsp3) is 0.259. The van der Waals surface area contributed by atoms with Gasteiger partial charge in [0.1, 0.15) is 11.9 Å². The van der Waals surface area contributed by atoms with Crippen LogP contribution >= 0.6 is 0 Å². The van der Waals surface area contributed by atoms with Crippen LogP contribution in [0.2, 0.25) is 0 Å². The van der Waals surface area contributed by atoms with E-state index in [2.05, 4.69) is 20.6 Å². The molecule has 7 nitrogen and oxygen atoms in total. The SMILES string of the molecule is COC(=O)[C@@H](Nc1nc(CNC(=O)Cc2cccc3ccccc23)nc2ccccc12)C(C)C. The highest BCUT2D eigenvalue weighted by atomic mass is 16.5. The Morgan fingerprint density at radius 1 is 0.912 bits per heavy atom. The van der Waals surface area contributed by atoms with Crippen molar-refractivity contribution in [1.82, 2.24) is 15.3 Å². The minimum absolute atomic E-state index is 0.00924. The van der Waals surface area contributed by atoms with Gasteiger partial charge in [-0.15, -0.1) is 0 Å². The Bertz CT molecular complexity index is 1330. The Balaban J connectivity index is 1.54. The maximum atomic E-state index is 12.7. The lowest BCUT2D eigenvalue weighted by Gasteiger charge is -2.21. The van der Waals surface area contributed by atoms with Gasteiger partial charge in [-0.1, -0.05) is 68.4 Å². The molecule has 0 aliphatic carbocycles. The number of hydrogen-bond donors (Lipinski definition) is 2. The smallest absolute Gasteiger partial charge is 0.328 e. The summed E-state index contributed by atoms with van der Waals surface area (Å²) in [5.74, 6) is 0.512. The second-order valence-corrected chi connectivity index (χ2v) is 8.49. The molecule has 0 radical (unpaired) electrons. The van der Waals surface area contributed by atoms with Gasteiger partial charge in [-0.2, -0.15) is 0 Å². The standard InChI is InChI=1S/C27H28N4O3/c1-17(2)25(27(33)34-3)31-26-21-13-6-7-14-22(21)29-23(30-26)16-28-24(32)15-19-11-8-10-18-9-4-5-12-20(18)19/h4-14,17,25H,15-16H2,1-3H3,(H,28,32)(H,29,30,31)/t25-/m0/s1. The van der Waals surface area contributed by atoms with Gasteiger partial charge in [0.05, 0.1) is 25.6 Å². The molecule has 0 unspecified atom stereocenters. The van der Waals surface area contributed by atoms with E-state index in [9.17, 15) is 9.59 Å². The molecule has 4 rings (SSSR count). The molecule has 4 aromatic rings. The molecule has 174 valence electrons. The van der Waals surface area contributed by atoms with Crippen molar-refractivity contribution in [2.45, 2.75) is 32.9 Å². The number of nitrogens with zero attached hydrogens (tertiary/aromatic N) is 2. The van der Waals surface area contributed by atoms with Crippen LogP contribution in [-0.4, -0.2) is 35.0 Å². The van der Waals surface area contributed by atoms with Crippen molar-refractivity contribution in [3.63, 3.8) is 0 Å². The first kappa shape index (κ1) is 23.2. The van der Waals surface area contributed by atoms with Crippen molar-refractivity contribution in [2.75, 3.05) is 12.4 Å². The molecule has 1 atom stereocenters. The molecule has 1 heterocycles. The summed E-state index contributed by atoms with van der Waals surface area (Å²) < 4.78 is 4.95. The Hall–Kier alpha value is -4.00. The summed E-state index contributed by atoms with van der Waals surface area (Å²) in [5, 5.41) is 9.12. The van der Waals surface area contributed by atoms with E-state index in [1.54, 1.807) is 0 Å². The van der Waals surface area contributed by atoms with Gasteiger partial charge < -0.3 is 15.4 Å². The first-order valence-electron chi connectivity index (χ1n) is 11.3. The summed E-state index contributed by atoms with van der Waals surface area (Å²) in [5.41, 5.74) is 1.70. The molecular weight excluding hydrogens is 428 g/mol. The molecule has 0 aliphatic rings. The Kier molecular flexibility index (Phi) is 7.01. The zero-order valence-corrected chi connectivity index (χ0v) is 19.5. The fourth-order valence-corrected chi connectivity index (χ4v) is 3.95. The van der Waals surface area contributed by atoms with E-state index in [0.717, 1.165) is 27.2 Å². The number of carbonyl (C=O) groups is 2. The number of fused-ring (bicyclic) bond motifs is 2. The molecule has 0 bridgehead atoms. The fourth-order valence-electron chi connectivity index (χ4n) is 3.95. The predicted octanol–water partition coefficient (Wildman–Crippen LogP) is 4.25. The molecule has 0 saturated carbocycles. The number of amides is 1. The molecular formula is C27H28N4O3. The number of para-hydroxylation sites is 1. The van der Waals surface area contributed by atoms with Crippen molar-refractivity contribution in [3.05, 3.63) is 78.1 Å². The van der Waals surface area contributed by atoms with E-state index >= 15 is 0 Å². The second kappa shape index (κ2) is 10.3. The van der Waals surface area contributed by atoms with Crippen molar-refractivity contribution >= 4 is 39.4 Å². The summed E-state index contributed by atoms with van der Waals surface area (Å²) in [6.07, 6.45) is 0.262. The molecule has 2 N–H and O–H groups in total. The summed E-state index contributed by atoms with van der Waals surface area (Å²) in [7, 11) is 1.37. The topological polar surface area (TPSA) is 93.2 Å². The van der Waals surface area contributed by atoms with Gasteiger partial charge in [0.2, 0.25) is 5.91 Å². The van der Waals surface area contributed by atoms with E-state index in [0.29, 0.717) is 11.6 Å². The molecule has 0 aliphatic heterocycles. The summed E-state index contributed by atoms with van der Waals surface area (Å²) in [4.78, 5) is 34.2. The van der Waals surface area contributed by atoms with Gasteiger partial charge in [0.25, 0.3) is 0 Å². The summed E-state index contributed by atoms with van der Waals surface area (Å²) in [6, 6.07) is 21.0. The van der Waals surface area contributed by atoms with E-state index in [1.807, 2.05) is 80.6 Å². The number of anilines is 1. The quantitative estimate of drug-likeness (QED) is 0.385. The third-order valence-electron chi connectivity index (χ3n) is 5.74. The molecule has 34 heavy (non-hydrogen) atoms. The van der Waals surface area contributed by atoms with Crippen LogP contribution in [0.1, 0.15) is 25.2 Å². The highest BCUT2D eigenvalue weighted by molar-refractivity contribution is 5.92. The van der Waals surface area contributed by atoms with Gasteiger partial charge in [-0.05, 0) is 34.4 Å².